The Bertz CT molecular complexity index is 1080. The molecule has 1 fully saturated rings. The Hall–Kier alpha value is -3.69. The molecule has 1 atom stereocenters. The number of anilines is 3. The fraction of sp³-hybridized carbons (Fsp3) is 0.278. The van der Waals surface area contributed by atoms with Crippen LogP contribution in [0.4, 0.5) is 22.0 Å². The molecule has 2 aromatic heterocycles. The minimum absolute atomic E-state index is 0.142. The molecule has 0 saturated carbocycles. The summed E-state index contributed by atoms with van der Waals surface area (Å²) in [6.45, 7) is 4.84. The molecule has 1 aliphatic heterocycles. The third-order valence-electron chi connectivity index (χ3n) is 4.83. The van der Waals surface area contributed by atoms with Crippen molar-refractivity contribution < 1.29 is 9.59 Å². The van der Waals surface area contributed by atoms with Gasteiger partial charge < -0.3 is 20.9 Å². The molecule has 10 nitrogen and oxygen atoms in total. The van der Waals surface area contributed by atoms with Crippen LogP contribution in [-0.2, 0) is 4.79 Å². The molecular weight excluding hydrogens is 360 g/mol. The zero-order valence-electron chi connectivity index (χ0n) is 15.5. The van der Waals surface area contributed by atoms with Crippen molar-refractivity contribution in [1.82, 2.24) is 24.8 Å². The van der Waals surface area contributed by atoms with Crippen molar-refractivity contribution in [2.45, 2.75) is 19.9 Å². The molecule has 1 aromatic carbocycles. The Morgan fingerprint density at radius 1 is 1.32 bits per heavy atom. The van der Waals surface area contributed by atoms with Crippen LogP contribution in [0, 0.1) is 6.92 Å². The zero-order valence-corrected chi connectivity index (χ0v) is 15.5. The molecule has 1 saturated heterocycles. The van der Waals surface area contributed by atoms with E-state index in [1.165, 1.54) is 12.7 Å². The number of hydrogen-bond donors (Lipinski definition) is 3. The third-order valence-corrected chi connectivity index (χ3v) is 4.83. The van der Waals surface area contributed by atoms with Crippen molar-refractivity contribution in [3.63, 3.8) is 0 Å². The van der Waals surface area contributed by atoms with Gasteiger partial charge in [-0.25, -0.2) is 19.7 Å². The molecule has 0 aliphatic carbocycles. The number of hydrogen-bond acceptors (Lipinski definition) is 6. The number of aromatic nitrogens is 4. The number of rotatable bonds is 4. The molecule has 10 heteroatoms. The van der Waals surface area contributed by atoms with Crippen LogP contribution in [0.15, 0.2) is 30.9 Å². The van der Waals surface area contributed by atoms with Crippen LogP contribution in [0.5, 0.6) is 0 Å². The summed E-state index contributed by atoms with van der Waals surface area (Å²) in [4.78, 5) is 38.7. The van der Waals surface area contributed by atoms with Crippen molar-refractivity contribution >= 4 is 40.3 Å². The highest BCUT2D eigenvalue weighted by molar-refractivity contribution is 5.98. The van der Waals surface area contributed by atoms with Crippen LogP contribution in [0.3, 0.4) is 0 Å². The van der Waals surface area contributed by atoms with Crippen molar-refractivity contribution in [1.29, 1.82) is 0 Å². The van der Waals surface area contributed by atoms with E-state index in [0.29, 0.717) is 29.9 Å². The first-order valence-electron chi connectivity index (χ1n) is 8.85. The van der Waals surface area contributed by atoms with Gasteiger partial charge in [-0.1, -0.05) is 6.07 Å². The van der Waals surface area contributed by atoms with E-state index in [4.69, 9.17) is 5.73 Å². The van der Waals surface area contributed by atoms with Crippen LogP contribution in [0.1, 0.15) is 18.5 Å². The van der Waals surface area contributed by atoms with Crippen LogP contribution in [0.2, 0.25) is 0 Å². The predicted octanol–water partition coefficient (Wildman–Crippen LogP) is 1.45. The van der Waals surface area contributed by atoms with Crippen LogP contribution in [0.25, 0.3) is 11.2 Å². The largest absolute Gasteiger partial charge is 0.382 e. The fourth-order valence-corrected chi connectivity index (χ4v) is 3.15. The molecular formula is C18H20N8O2. The topological polar surface area (TPSA) is 131 Å². The molecule has 3 aromatic rings. The SMILES string of the molecule is Cc1ccc(N2CCNC2=O)cc1NC(=O)C(C)n1cnc2c(N)ncnc21. The van der Waals surface area contributed by atoms with Gasteiger partial charge in [0.15, 0.2) is 11.5 Å². The van der Waals surface area contributed by atoms with Crippen LogP contribution in [-0.4, -0.2) is 44.5 Å². The summed E-state index contributed by atoms with van der Waals surface area (Å²) in [5, 5.41) is 5.70. The van der Waals surface area contributed by atoms with Crippen molar-refractivity contribution in [2.75, 3.05) is 29.0 Å². The number of fused-ring (bicyclic) bond motifs is 1. The van der Waals surface area contributed by atoms with E-state index in [1.807, 2.05) is 19.1 Å². The molecule has 144 valence electrons. The molecule has 0 spiro atoms. The number of benzene rings is 1. The van der Waals surface area contributed by atoms with E-state index < -0.39 is 6.04 Å². The normalized spacial score (nSPS) is 14.9. The maximum Gasteiger partial charge on any atom is 0.321 e. The van der Waals surface area contributed by atoms with Gasteiger partial charge in [0.2, 0.25) is 5.91 Å². The molecule has 1 aliphatic rings. The lowest BCUT2D eigenvalue weighted by molar-refractivity contribution is -0.118. The lowest BCUT2D eigenvalue weighted by atomic mass is 10.1. The van der Waals surface area contributed by atoms with Gasteiger partial charge in [-0.3, -0.25) is 9.69 Å². The van der Waals surface area contributed by atoms with Gasteiger partial charge in [-0.05, 0) is 31.5 Å². The highest BCUT2D eigenvalue weighted by Crippen LogP contribution is 2.26. The Kier molecular flexibility index (Phi) is 4.30. The molecule has 0 bridgehead atoms. The highest BCUT2D eigenvalue weighted by Gasteiger charge is 2.23. The molecule has 0 radical (unpaired) electrons. The van der Waals surface area contributed by atoms with Gasteiger partial charge in [-0.2, -0.15) is 0 Å². The standard InChI is InChI=1S/C18H20N8O2/c1-10-3-4-12(25-6-5-20-18(25)28)7-13(10)24-17(27)11(2)26-9-23-14-15(19)21-8-22-16(14)26/h3-4,7-9,11H,5-6H2,1-2H3,(H,20,28)(H,24,27)(H2,19,21,22). The van der Waals surface area contributed by atoms with Crippen molar-refractivity contribution in [3.8, 4) is 0 Å². The maximum atomic E-state index is 12.9. The number of carbonyl (C=O) groups excluding carboxylic acids is 2. The molecule has 3 amide bonds. The number of nitrogens with one attached hydrogen (secondary N) is 2. The molecule has 4 N–H and O–H groups in total. The van der Waals surface area contributed by atoms with Gasteiger partial charge in [0.1, 0.15) is 17.9 Å². The summed E-state index contributed by atoms with van der Waals surface area (Å²) in [7, 11) is 0. The number of aryl methyl sites for hydroxylation is 1. The van der Waals surface area contributed by atoms with Crippen LogP contribution < -0.4 is 21.3 Å². The fourth-order valence-electron chi connectivity index (χ4n) is 3.15. The monoisotopic (exact) mass is 380 g/mol. The second-order valence-electron chi connectivity index (χ2n) is 6.63. The summed E-state index contributed by atoms with van der Waals surface area (Å²) in [6, 6.07) is 4.83. The van der Waals surface area contributed by atoms with E-state index in [1.54, 1.807) is 22.5 Å². The summed E-state index contributed by atoms with van der Waals surface area (Å²) in [5.41, 5.74) is 9.04. The van der Waals surface area contributed by atoms with Crippen molar-refractivity contribution in [3.05, 3.63) is 36.4 Å². The summed E-state index contributed by atoms with van der Waals surface area (Å²) >= 11 is 0. The first-order valence-corrected chi connectivity index (χ1v) is 8.85. The van der Waals surface area contributed by atoms with Gasteiger partial charge in [0.05, 0.1) is 6.33 Å². The summed E-state index contributed by atoms with van der Waals surface area (Å²) in [6.07, 6.45) is 2.87. The third kappa shape index (κ3) is 2.98. The predicted molar refractivity (Wildman–Crippen MR) is 105 cm³/mol. The number of amides is 3. The number of nitrogens with zero attached hydrogens (tertiary/aromatic N) is 5. The van der Waals surface area contributed by atoms with E-state index >= 15 is 0 Å². The van der Waals surface area contributed by atoms with Gasteiger partial charge in [0, 0.05) is 24.5 Å². The summed E-state index contributed by atoms with van der Waals surface area (Å²) in [5.74, 6) is 0.0337. The Morgan fingerprint density at radius 2 is 2.14 bits per heavy atom. The van der Waals surface area contributed by atoms with Crippen LogP contribution >= 0.6 is 0 Å². The van der Waals surface area contributed by atoms with E-state index in [0.717, 1.165) is 11.3 Å². The zero-order chi connectivity index (χ0) is 19.8. The van der Waals surface area contributed by atoms with Gasteiger partial charge in [0.25, 0.3) is 0 Å². The molecule has 28 heavy (non-hydrogen) atoms. The highest BCUT2D eigenvalue weighted by atomic mass is 16.2. The molecule has 3 heterocycles. The first kappa shape index (κ1) is 17.7. The molecule has 1 unspecified atom stereocenters. The minimum Gasteiger partial charge on any atom is -0.382 e. The lowest BCUT2D eigenvalue weighted by Crippen LogP contribution is -2.28. The average Bonchev–Trinajstić information content (AvgIpc) is 3.30. The second-order valence-corrected chi connectivity index (χ2v) is 6.63. The van der Waals surface area contributed by atoms with Crippen molar-refractivity contribution in [2.24, 2.45) is 0 Å². The Balaban J connectivity index is 1.59. The second kappa shape index (κ2) is 6.80. The maximum absolute atomic E-state index is 12.9. The molecule has 4 rings (SSSR count). The average molecular weight is 380 g/mol. The number of imidazole rings is 1. The van der Waals surface area contributed by atoms with E-state index in [9.17, 15) is 9.59 Å². The van der Waals surface area contributed by atoms with Gasteiger partial charge >= 0.3 is 6.03 Å². The smallest absolute Gasteiger partial charge is 0.321 e. The quantitative estimate of drug-likeness (QED) is 0.628. The first-order chi connectivity index (χ1) is 13.5. The van der Waals surface area contributed by atoms with E-state index in [-0.39, 0.29) is 17.8 Å². The minimum atomic E-state index is -0.572. The summed E-state index contributed by atoms with van der Waals surface area (Å²) < 4.78 is 1.65. The van der Waals surface area contributed by atoms with Gasteiger partial charge in [-0.15, -0.1) is 0 Å². The number of nitrogen functional groups attached to an aromatic ring is 1. The number of urea groups is 1. The Labute approximate surface area is 160 Å². The van der Waals surface area contributed by atoms with E-state index in [2.05, 4.69) is 25.6 Å². The number of nitrogens with two attached hydrogens (primary N) is 1. The number of carbonyl (C=O) groups is 2. The lowest BCUT2D eigenvalue weighted by Gasteiger charge is -2.19. The Morgan fingerprint density at radius 3 is 2.89 bits per heavy atom.